The Hall–Kier alpha value is -3.07. The summed E-state index contributed by atoms with van der Waals surface area (Å²) in [5, 5.41) is 3.87. The Labute approximate surface area is 253 Å². The molecule has 0 aliphatic carbocycles. The van der Waals surface area contributed by atoms with E-state index in [1.807, 2.05) is 57.2 Å². The first-order valence-electron chi connectivity index (χ1n) is 13.4. The second-order valence-corrected chi connectivity index (χ2v) is 13.7. The highest BCUT2D eigenvalue weighted by atomic mass is 35.5. The number of rotatable bonds is 12. The van der Waals surface area contributed by atoms with Crippen LogP contribution in [0.1, 0.15) is 44.7 Å². The molecule has 3 rings (SSSR count). The van der Waals surface area contributed by atoms with Crippen molar-refractivity contribution in [2.45, 2.75) is 58.2 Å². The molecule has 10 heteroatoms. The van der Waals surface area contributed by atoms with Crippen molar-refractivity contribution in [2.75, 3.05) is 17.1 Å². The van der Waals surface area contributed by atoms with Crippen LogP contribution < -0.4 is 9.62 Å². The first-order chi connectivity index (χ1) is 19.2. The van der Waals surface area contributed by atoms with E-state index in [2.05, 4.69) is 5.32 Å². The van der Waals surface area contributed by atoms with Crippen molar-refractivity contribution >= 4 is 50.7 Å². The number of amides is 2. The van der Waals surface area contributed by atoms with Gasteiger partial charge in [0.2, 0.25) is 21.8 Å². The fourth-order valence-corrected chi connectivity index (χ4v) is 5.87. The molecule has 0 heterocycles. The number of carbonyl (C=O) groups is 2. The topological polar surface area (TPSA) is 86.8 Å². The minimum Gasteiger partial charge on any atom is -0.350 e. The highest BCUT2D eigenvalue weighted by molar-refractivity contribution is 7.92. The molecule has 2 amide bonds. The maximum Gasteiger partial charge on any atom is 0.243 e. The summed E-state index contributed by atoms with van der Waals surface area (Å²) >= 11 is 12.6. The predicted molar refractivity (Wildman–Crippen MR) is 167 cm³/mol. The molecule has 0 spiro atoms. The SMILES string of the molecule is CC(C)(C)NC(=O)C(Cc1ccccc1)N(Cc1ccc(Cl)cc1Cl)C(=O)CCCN(c1ccccc1)S(C)(=O)=O. The first-order valence-corrected chi connectivity index (χ1v) is 16.0. The Morgan fingerprint density at radius 1 is 0.927 bits per heavy atom. The molecule has 0 bridgehead atoms. The summed E-state index contributed by atoms with van der Waals surface area (Å²) in [4.78, 5) is 29.1. The number of para-hydroxylation sites is 1. The maximum absolute atomic E-state index is 13.9. The molecule has 0 fully saturated rings. The number of halogens is 2. The number of anilines is 1. The molecule has 0 saturated heterocycles. The molecule has 0 aliphatic heterocycles. The van der Waals surface area contributed by atoms with Gasteiger partial charge < -0.3 is 10.2 Å². The van der Waals surface area contributed by atoms with Crippen molar-refractivity contribution in [1.29, 1.82) is 0 Å². The third-order valence-corrected chi connectivity index (χ3v) is 8.10. The van der Waals surface area contributed by atoms with Crippen LogP contribution >= 0.6 is 23.2 Å². The number of sulfonamides is 1. The summed E-state index contributed by atoms with van der Waals surface area (Å²) < 4.78 is 26.4. The van der Waals surface area contributed by atoms with Crippen molar-refractivity contribution in [3.05, 3.63) is 100 Å². The summed E-state index contributed by atoms with van der Waals surface area (Å²) in [5.74, 6) is -0.579. The zero-order valence-corrected chi connectivity index (χ0v) is 26.1. The summed E-state index contributed by atoms with van der Waals surface area (Å²) in [6, 6.07) is 22.5. The van der Waals surface area contributed by atoms with Crippen molar-refractivity contribution in [3.8, 4) is 0 Å². The van der Waals surface area contributed by atoms with Crippen molar-refractivity contribution in [3.63, 3.8) is 0 Å². The number of hydrogen-bond acceptors (Lipinski definition) is 4. The number of benzene rings is 3. The normalized spacial score (nSPS) is 12.4. The van der Waals surface area contributed by atoms with E-state index in [0.29, 0.717) is 27.7 Å². The van der Waals surface area contributed by atoms with Gasteiger partial charge in [-0.05, 0) is 62.6 Å². The van der Waals surface area contributed by atoms with E-state index in [4.69, 9.17) is 23.2 Å². The van der Waals surface area contributed by atoms with E-state index in [1.165, 1.54) is 9.21 Å². The van der Waals surface area contributed by atoms with E-state index in [9.17, 15) is 18.0 Å². The number of carbonyl (C=O) groups excluding carboxylic acids is 2. The summed E-state index contributed by atoms with van der Waals surface area (Å²) in [6.45, 7) is 5.85. The zero-order valence-electron chi connectivity index (χ0n) is 23.8. The molecular formula is C31H37Cl2N3O4S. The Balaban J connectivity index is 1.93. The van der Waals surface area contributed by atoms with Crippen molar-refractivity contribution in [2.24, 2.45) is 0 Å². The van der Waals surface area contributed by atoms with Crippen LogP contribution in [0.5, 0.6) is 0 Å². The highest BCUT2D eigenvalue weighted by Gasteiger charge is 2.32. The van der Waals surface area contributed by atoms with E-state index < -0.39 is 21.6 Å². The van der Waals surface area contributed by atoms with Gasteiger partial charge in [-0.25, -0.2) is 8.42 Å². The largest absolute Gasteiger partial charge is 0.350 e. The van der Waals surface area contributed by atoms with Gasteiger partial charge in [-0.15, -0.1) is 0 Å². The minimum absolute atomic E-state index is 0.0259. The van der Waals surface area contributed by atoms with Crippen LogP contribution in [0.15, 0.2) is 78.9 Å². The maximum atomic E-state index is 13.9. The molecule has 0 aliphatic rings. The van der Waals surface area contributed by atoms with Gasteiger partial charge in [0.25, 0.3) is 0 Å². The predicted octanol–water partition coefficient (Wildman–Crippen LogP) is 6.09. The summed E-state index contributed by atoms with van der Waals surface area (Å²) in [7, 11) is -3.57. The van der Waals surface area contributed by atoms with Crippen LogP contribution in [0, 0.1) is 0 Å². The average molecular weight is 619 g/mol. The molecule has 3 aromatic rings. The van der Waals surface area contributed by atoms with Crippen LogP contribution in [0.2, 0.25) is 10.0 Å². The van der Waals surface area contributed by atoms with Crippen molar-refractivity contribution < 1.29 is 18.0 Å². The van der Waals surface area contributed by atoms with Gasteiger partial charge in [-0.2, -0.15) is 0 Å². The van der Waals surface area contributed by atoms with Gasteiger partial charge >= 0.3 is 0 Å². The van der Waals surface area contributed by atoms with Gasteiger partial charge in [0.05, 0.1) is 11.9 Å². The molecule has 41 heavy (non-hydrogen) atoms. The van der Waals surface area contributed by atoms with E-state index in [1.54, 1.807) is 42.5 Å². The fourth-order valence-electron chi connectivity index (χ4n) is 4.44. The zero-order chi connectivity index (χ0) is 30.2. The molecule has 0 saturated carbocycles. The van der Waals surface area contributed by atoms with Gasteiger partial charge in [0, 0.05) is 41.5 Å². The second kappa shape index (κ2) is 14.2. The number of hydrogen-bond donors (Lipinski definition) is 1. The van der Waals surface area contributed by atoms with E-state index in [-0.39, 0.29) is 37.7 Å². The molecule has 0 radical (unpaired) electrons. The Morgan fingerprint density at radius 3 is 2.10 bits per heavy atom. The van der Waals surface area contributed by atoms with Crippen LogP contribution in [0.4, 0.5) is 5.69 Å². The molecule has 0 aromatic heterocycles. The Morgan fingerprint density at radius 2 is 1.54 bits per heavy atom. The van der Waals surface area contributed by atoms with Gasteiger partial charge in [-0.1, -0.05) is 77.8 Å². The minimum atomic E-state index is -3.57. The van der Waals surface area contributed by atoms with Crippen LogP contribution in [-0.2, 0) is 32.6 Å². The lowest BCUT2D eigenvalue weighted by atomic mass is 10.00. The lowest BCUT2D eigenvalue weighted by molar-refractivity contribution is -0.142. The fraction of sp³-hybridized carbons (Fsp3) is 0.355. The van der Waals surface area contributed by atoms with Gasteiger partial charge in [-0.3, -0.25) is 13.9 Å². The molecule has 220 valence electrons. The number of nitrogens with one attached hydrogen (secondary N) is 1. The molecule has 1 unspecified atom stereocenters. The van der Waals surface area contributed by atoms with Gasteiger partial charge in [0.1, 0.15) is 6.04 Å². The monoisotopic (exact) mass is 617 g/mol. The van der Waals surface area contributed by atoms with Crippen LogP contribution in [-0.4, -0.2) is 49.5 Å². The lowest BCUT2D eigenvalue weighted by Crippen LogP contribution is -2.54. The Kier molecular flexibility index (Phi) is 11.2. The molecule has 1 atom stereocenters. The number of nitrogens with zero attached hydrogens (tertiary/aromatic N) is 2. The van der Waals surface area contributed by atoms with Crippen LogP contribution in [0.3, 0.4) is 0 Å². The quantitative estimate of drug-likeness (QED) is 0.266. The van der Waals surface area contributed by atoms with Crippen molar-refractivity contribution in [1.82, 2.24) is 10.2 Å². The molecular weight excluding hydrogens is 581 g/mol. The van der Waals surface area contributed by atoms with Crippen LogP contribution in [0.25, 0.3) is 0 Å². The lowest BCUT2D eigenvalue weighted by Gasteiger charge is -2.34. The third-order valence-electron chi connectivity index (χ3n) is 6.32. The second-order valence-electron chi connectivity index (χ2n) is 11.0. The average Bonchev–Trinajstić information content (AvgIpc) is 2.89. The molecule has 7 nitrogen and oxygen atoms in total. The first kappa shape index (κ1) is 32.4. The molecule has 3 aromatic carbocycles. The van der Waals surface area contributed by atoms with E-state index >= 15 is 0 Å². The Bertz CT molecular complexity index is 1430. The van der Waals surface area contributed by atoms with E-state index in [0.717, 1.165) is 11.8 Å². The summed E-state index contributed by atoms with van der Waals surface area (Å²) in [5.41, 5.74) is 1.55. The smallest absolute Gasteiger partial charge is 0.243 e. The van der Waals surface area contributed by atoms with Gasteiger partial charge in [0.15, 0.2) is 0 Å². The molecule has 1 N–H and O–H groups in total. The highest BCUT2D eigenvalue weighted by Crippen LogP contribution is 2.25. The third kappa shape index (κ3) is 10.1. The summed E-state index contributed by atoms with van der Waals surface area (Å²) in [6.07, 6.45) is 1.71. The standard InChI is InChI=1S/C31H37Cl2N3O4S/c1-31(2,3)34-30(38)28(20-23-12-7-5-8-13-23)35(22-24-17-18-25(32)21-27(24)33)29(37)16-11-19-36(41(4,39)40)26-14-9-6-10-15-26/h5-10,12-15,17-18,21,28H,11,16,19-20,22H2,1-4H3,(H,34,38).